The van der Waals surface area contributed by atoms with E-state index >= 15 is 0 Å². The van der Waals surface area contributed by atoms with E-state index in [1.165, 1.54) is 12.1 Å². The van der Waals surface area contributed by atoms with Crippen molar-refractivity contribution in [3.05, 3.63) is 22.7 Å². The first-order chi connectivity index (χ1) is 7.53. The Kier molecular flexibility index (Phi) is 3.76. The summed E-state index contributed by atoms with van der Waals surface area (Å²) >= 11 is 5.83. The molecule has 1 aromatic carbocycles. The van der Waals surface area contributed by atoms with E-state index in [4.69, 9.17) is 17.3 Å². The summed E-state index contributed by atoms with van der Waals surface area (Å²) in [5, 5.41) is 0.308. The van der Waals surface area contributed by atoms with E-state index in [0.29, 0.717) is 16.3 Å². The maximum Gasteiger partial charge on any atom is 0.241 e. The zero-order chi connectivity index (χ0) is 13.4. The lowest BCUT2D eigenvalue weighted by atomic mass is 10.1. The van der Waals surface area contributed by atoms with Crippen LogP contribution in [0.5, 0.6) is 0 Å². The fraction of sp³-hybridized carbons (Fsp3) is 0.455. The van der Waals surface area contributed by atoms with Crippen molar-refractivity contribution in [2.45, 2.75) is 38.1 Å². The van der Waals surface area contributed by atoms with Crippen LogP contribution in [0.3, 0.4) is 0 Å². The van der Waals surface area contributed by atoms with Crippen LogP contribution in [0.1, 0.15) is 26.3 Å². The van der Waals surface area contributed by atoms with E-state index in [2.05, 4.69) is 4.72 Å². The van der Waals surface area contributed by atoms with Crippen LogP contribution < -0.4 is 10.5 Å². The second-order valence-electron chi connectivity index (χ2n) is 4.97. The molecule has 0 heterocycles. The molecule has 3 N–H and O–H groups in total. The first kappa shape index (κ1) is 14.3. The third-order valence-electron chi connectivity index (χ3n) is 2.10. The fourth-order valence-electron chi connectivity index (χ4n) is 1.41. The Labute approximate surface area is 107 Å². The second kappa shape index (κ2) is 4.48. The van der Waals surface area contributed by atoms with Gasteiger partial charge < -0.3 is 5.73 Å². The Morgan fingerprint density at radius 2 is 1.82 bits per heavy atom. The van der Waals surface area contributed by atoms with Crippen molar-refractivity contribution in [3.8, 4) is 0 Å². The van der Waals surface area contributed by atoms with E-state index in [-0.39, 0.29) is 4.90 Å². The van der Waals surface area contributed by atoms with Gasteiger partial charge in [-0.1, -0.05) is 11.6 Å². The number of benzene rings is 1. The van der Waals surface area contributed by atoms with Gasteiger partial charge >= 0.3 is 0 Å². The molecule has 0 bridgehead atoms. The molecule has 17 heavy (non-hydrogen) atoms. The minimum absolute atomic E-state index is 0.123. The highest BCUT2D eigenvalue weighted by molar-refractivity contribution is 7.89. The van der Waals surface area contributed by atoms with Crippen molar-refractivity contribution in [2.75, 3.05) is 5.73 Å². The van der Waals surface area contributed by atoms with E-state index in [9.17, 15) is 8.42 Å². The molecule has 0 saturated heterocycles. The molecule has 96 valence electrons. The number of rotatable bonds is 2. The summed E-state index contributed by atoms with van der Waals surface area (Å²) in [6.45, 7) is 6.97. The predicted molar refractivity (Wildman–Crippen MR) is 70.7 cm³/mol. The lowest BCUT2D eigenvalue weighted by Gasteiger charge is -2.21. The number of nitrogen functional groups attached to an aromatic ring is 1. The van der Waals surface area contributed by atoms with Gasteiger partial charge in [-0.3, -0.25) is 0 Å². The quantitative estimate of drug-likeness (QED) is 0.814. The fourth-order valence-corrected chi connectivity index (χ4v) is 3.42. The molecule has 0 atom stereocenters. The molecule has 4 nitrogen and oxygen atoms in total. The summed E-state index contributed by atoms with van der Waals surface area (Å²) in [6.07, 6.45) is 0. The lowest BCUT2D eigenvalue weighted by Crippen LogP contribution is -2.40. The van der Waals surface area contributed by atoms with Crippen LogP contribution in [0.4, 0.5) is 5.69 Å². The van der Waals surface area contributed by atoms with Crippen LogP contribution in [0.2, 0.25) is 5.02 Å². The van der Waals surface area contributed by atoms with Gasteiger partial charge in [0.15, 0.2) is 0 Å². The summed E-state index contributed by atoms with van der Waals surface area (Å²) in [7, 11) is -3.61. The molecule has 0 aliphatic carbocycles. The SMILES string of the molecule is Cc1c(N)cc(Cl)cc1S(=O)(=O)NC(C)(C)C. The van der Waals surface area contributed by atoms with Crippen molar-refractivity contribution in [2.24, 2.45) is 0 Å². The number of nitrogens with one attached hydrogen (secondary N) is 1. The van der Waals surface area contributed by atoms with Crippen molar-refractivity contribution in [1.29, 1.82) is 0 Å². The van der Waals surface area contributed by atoms with Crippen molar-refractivity contribution < 1.29 is 8.42 Å². The van der Waals surface area contributed by atoms with Crippen molar-refractivity contribution in [1.82, 2.24) is 4.72 Å². The second-order valence-corrected chi connectivity index (χ2v) is 7.06. The van der Waals surface area contributed by atoms with Crippen LogP contribution in [0.15, 0.2) is 17.0 Å². The van der Waals surface area contributed by atoms with Crippen LogP contribution in [-0.4, -0.2) is 14.0 Å². The van der Waals surface area contributed by atoms with Gasteiger partial charge in [-0.25, -0.2) is 13.1 Å². The first-order valence-electron chi connectivity index (χ1n) is 5.12. The minimum atomic E-state index is -3.61. The van der Waals surface area contributed by atoms with Crippen LogP contribution in [0, 0.1) is 6.92 Å². The average molecular weight is 277 g/mol. The lowest BCUT2D eigenvalue weighted by molar-refractivity contribution is 0.491. The maximum absolute atomic E-state index is 12.1. The minimum Gasteiger partial charge on any atom is -0.398 e. The number of anilines is 1. The van der Waals surface area contributed by atoms with Gasteiger partial charge in [-0.15, -0.1) is 0 Å². The predicted octanol–water partition coefficient (Wildman–Crippen LogP) is 2.31. The molecular weight excluding hydrogens is 260 g/mol. The van der Waals surface area contributed by atoms with Gasteiger partial charge in [-0.05, 0) is 45.4 Å². The van der Waals surface area contributed by atoms with Gasteiger partial charge in [0.2, 0.25) is 10.0 Å². The number of halogens is 1. The highest BCUT2D eigenvalue weighted by Crippen LogP contribution is 2.26. The molecule has 1 rings (SSSR count). The summed E-state index contributed by atoms with van der Waals surface area (Å²) in [6, 6.07) is 2.94. The monoisotopic (exact) mass is 276 g/mol. The van der Waals surface area contributed by atoms with Gasteiger partial charge in [-0.2, -0.15) is 0 Å². The standard InChI is InChI=1S/C11H17ClN2O2S/c1-7-9(13)5-8(12)6-10(7)17(15,16)14-11(2,3)4/h5-6,14H,13H2,1-4H3. The highest BCUT2D eigenvalue weighted by Gasteiger charge is 2.24. The third-order valence-corrected chi connectivity index (χ3v) is 4.20. The molecule has 0 fully saturated rings. The van der Waals surface area contributed by atoms with E-state index in [1.54, 1.807) is 27.7 Å². The smallest absolute Gasteiger partial charge is 0.241 e. The molecule has 0 unspecified atom stereocenters. The molecular formula is C11H17ClN2O2S. The Morgan fingerprint density at radius 3 is 2.29 bits per heavy atom. The van der Waals surface area contributed by atoms with Gasteiger partial charge in [0.05, 0.1) is 4.90 Å². The summed E-state index contributed by atoms with van der Waals surface area (Å²) in [5.41, 5.74) is 6.03. The van der Waals surface area contributed by atoms with Crippen LogP contribution >= 0.6 is 11.6 Å². The van der Waals surface area contributed by atoms with Gasteiger partial charge in [0, 0.05) is 16.2 Å². The molecule has 0 aliphatic heterocycles. The van der Waals surface area contributed by atoms with E-state index in [0.717, 1.165) is 0 Å². The molecule has 0 aliphatic rings. The first-order valence-corrected chi connectivity index (χ1v) is 6.99. The summed E-state index contributed by atoms with van der Waals surface area (Å²) in [5.74, 6) is 0. The van der Waals surface area contributed by atoms with Gasteiger partial charge in [0.25, 0.3) is 0 Å². The molecule has 0 saturated carbocycles. The van der Waals surface area contributed by atoms with Crippen molar-refractivity contribution >= 4 is 27.3 Å². The topological polar surface area (TPSA) is 72.2 Å². The molecule has 1 aromatic rings. The summed E-state index contributed by atoms with van der Waals surface area (Å²) in [4.78, 5) is 0.123. The van der Waals surface area contributed by atoms with Gasteiger partial charge in [0.1, 0.15) is 0 Å². The molecule has 6 heteroatoms. The Hall–Kier alpha value is -0.780. The van der Waals surface area contributed by atoms with Crippen molar-refractivity contribution in [3.63, 3.8) is 0 Å². The third kappa shape index (κ3) is 3.59. The number of nitrogens with two attached hydrogens (primary N) is 1. The average Bonchev–Trinajstić information content (AvgIpc) is 2.06. The number of hydrogen-bond donors (Lipinski definition) is 2. The Bertz CT molecular complexity index is 533. The van der Waals surface area contributed by atoms with Crippen LogP contribution in [0.25, 0.3) is 0 Å². The van der Waals surface area contributed by atoms with E-state index < -0.39 is 15.6 Å². The normalized spacial score (nSPS) is 12.8. The zero-order valence-electron chi connectivity index (χ0n) is 10.3. The molecule has 0 radical (unpaired) electrons. The summed E-state index contributed by atoms with van der Waals surface area (Å²) < 4.78 is 26.9. The Balaban J connectivity index is 3.34. The van der Waals surface area contributed by atoms with E-state index in [1.807, 2.05) is 0 Å². The largest absolute Gasteiger partial charge is 0.398 e. The molecule has 0 amide bonds. The van der Waals surface area contributed by atoms with Crippen LogP contribution in [-0.2, 0) is 10.0 Å². The molecule has 0 aromatic heterocycles. The zero-order valence-corrected chi connectivity index (χ0v) is 11.9. The molecule has 0 spiro atoms. The number of sulfonamides is 1. The Morgan fingerprint density at radius 1 is 1.29 bits per heavy atom. The highest BCUT2D eigenvalue weighted by atomic mass is 35.5. The number of hydrogen-bond acceptors (Lipinski definition) is 3. The maximum atomic E-state index is 12.1.